The van der Waals surface area contributed by atoms with Gasteiger partial charge in [-0.2, -0.15) is 0 Å². The number of nitrogens with zero attached hydrogens (tertiary/aromatic N) is 1. The van der Waals surface area contributed by atoms with Crippen molar-refractivity contribution in [3.8, 4) is 0 Å². The number of nitrogens with one attached hydrogen (secondary N) is 1. The lowest BCUT2D eigenvalue weighted by atomic mass is 9.77. The Balaban J connectivity index is 2.64. The first-order chi connectivity index (χ1) is 9.14. The third-order valence-electron chi connectivity index (χ3n) is 4.08. The Kier molecular flexibility index (Phi) is 7.74. The van der Waals surface area contributed by atoms with E-state index in [4.69, 9.17) is 0 Å². The maximum atomic E-state index is 4.56. The fraction of sp³-hybridized carbons (Fsp3) is 0.812. The van der Waals surface area contributed by atoms with Gasteiger partial charge in [0.1, 0.15) is 4.60 Å². The predicted octanol–water partition coefficient (Wildman–Crippen LogP) is 5.98. The van der Waals surface area contributed by atoms with E-state index in [9.17, 15) is 0 Å². The first-order valence-electron chi connectivity index (χ1n) is 7.83. The van der Waals surface area contributed by atoms with E-state index >= 15 is 0 Å². The van der Waals surface area contributed by atoms with Crippen molar-refractivity contribution in [2.24, 2.45) is 0 Å². The molecule has 1 N–H and O–H groups in total. The smallest absolute Gasteiger partial charge is 0.106 e. The lowest BCUT2D eigenvalue weighted by Gasteiger charge is -2.28. The molecule has 1 aromatic rings. The fourth-order valence-electron chi connectivity index (χ4n) is 2.77. The Bertz CT molecular complexity index is 348. The number of H-pyrrole nitrogens is 1. The minimum absolute atomic E-state index is 0.224. The molecule has 1 rings (SSSR count). The van der Waals surface area contributed by atoms with Crippen molar-refractivity contribution in [2.75, 3.05) is 0 Å². The third-order valence-corrected chi connectivity index (χ3v) is 4.68. The predicted molar refractivity (Wildman–Crippen MR) is 86.5 cm³/mol. The zero-order chi connectivity index (χ0) is 14.1. The SMILES string of the molecule is CCCCCCC(C)(CCCCC)c1nc[nH]c1Br. The van der Waals surface area contributed by atoms with E-state index in [0.717, 1.165) is 4.60 Å². The molecule has 1 aromatic heterocycles. The van der Waals surface area contributed by atoms with Gasteiger partial charge in [-0.15, -0.1) is 0 Å². The van der Waals surface area contributed by atoms with Gasteiger partial charge in [-0.3, -0.25) is 0 Å². The van der Waals surface area contributed by atoms with Gasteiger partial charge in [0.25, 0.3) is 0 Å². The second-order valence-corrected chi connectivity index (χ2v) is 6.69. The quantitative estimate of drug-likeness (QED) is 0.526. The molecular weight excluding hydrogens is 300 g/mol. The van der Waals surface area contributed by atoms with Gasteiger partial charge in [0.15, 0.2) is 0 Å². The summed E-state index contributed by atoms with van der Waals surface area (Å²) in [6, 6.07) is 0. The molecule has 0 aliphatic carbocycles. The highest BCUT2D eigenvalue weighted by Crippen LogP contribution is 2.37. The number of aromatic nitrogens is 2. The van der Waals surface area contributed by atoms with Crippen LogP contribution in [0, 0.1) is 0 Å². The zero-order valence-electron chi connectivity index (χ0n) is 12.8. The van der Waals surface area contributed by atoms with Crippen LogP contribution in [0.15, 0.2) is 10.9 Å². The average molecular weight is 329 g/mol. The minimum Gasteiger partial charge on any atom is -0.339 e. The maximum absolute atomic E-state index is 4.56. The van der Waals surface area contributed by atoms with E-state index in [1.54, 1.807) is 0 Å². The van der Waals surface area contributed by atoms with Gasteiger partial charge in [-0.25, -0.2) is 4.98 Å². The summed E-state index contributed by atoms with van der Waals surface area (Å²) in [5, 5.41) is 0. The third kappa shape index (κ3) is 5.29. The van der Waals surface area contributed by atoms with Gasteiger partial charge < -0.3 is 4.98 Å². The van der Waals surface area contributed by atoms with E-state index < -0.39 is 0 Å². The summed E-state index contributed by atoms with van der Waals surface area (Å²) in [6.45, 7) is 6.92. The molecule has 1 heterocycles. The zero-order valence-corrected chi connectivity index (χ0v) is 14.4. The topological polar surface area (TPSA) is 28.7 Å². The van der Waals surface area contributed by atoms with Crippen molar-refractivity contribution < 1.29 is 0 Å². The molecule has 1 unspecified atom stereocenters. The van der Waals surface area contributed by atoms with Crippen LogP contribution in [0.4, 0.5) is 0 Å². The van der Waals surface area contributed by atoms with E-state index in [2.05, 4.69) is 46.7 Å². The summed E-state index contributed by atoms with van der Waals surface area (Å²) >= 11 is 3.62. The summed E-state index contributed by atoms with van der Waals surface area (Å²) in [6.07, 6.45) is 13.5. The Morgan fingerprint density at radius 2 is 1.63 bits per heavy atom. The van der Waals surface area contributed by atoms with Crippen LogP contribution in [-0.4, -0.2) is 9.97 Å². The van der Waals surface area contributed by atoms with Gasteiger partial charge >= 0.3 is 0 Å². The molecule has 19 heavy (non-hydrogen) atoms. The van der Waals surface area contributed by atoms with Crippen LogP contribution < -0.4 is 0 Å². The summed E-state index contributed by atoms with van der Waals surface area (Å²) in [5.41, 5.74) is 1.45. The van der Waals surface area contributed by atoms with Crippen LogP contribution >= 0.6 is 15.9 Å². The minimum atomic E-state index is 0.224. The van der Waals surface area contributed by atoms with E-state index in [-0.39, 0.29) is 5.41 Å². The molecule has 0 saturated carbocycles. The Morgan fingerprint density at radius 1 is 1.05 bits per heavy atom. The van der Waals surface area contributed by atoms with Gasteiger partial charge in [-0.1, -0.05) is 65.7 Å². The molecule has 2 nitrogen and oxygen atoms in total. The van der Waals surface area contributed by atoms with E-state index in [0.29, 0.717) is 0 Å². The first-order valence-corrected chi connectivity index (χ1v) is 8.62. The second kappa shape index (κ2) is 8.78. The summed E-state index contributed by atoms with van der Waals surface area (Å²) < 4.78 is 1.07. The van der Waals surface area contributed by atoms with Gasteiger partial charge in [0, 0.05) is 5.41 Å². The van der Waals surface area contributed by atoms with Gasteiger partial charge in [0.2, 0.25) is 0 Å². The van der Waals surface area contributed by atoms with Crippen molar-refractivity contribution in [3.05, 3.63) is 16.6 Å². The molecule has 3 heteroatoms. The Hall–Kier alpha value is -0.310. The lowest BCUT2D eigenvalue weighted by Crippen LogP contribution is -2.23. The van der Waals surface area contributed by atoms with Crippen molar-refractivity contribution in [2.45, 2.75) is 84.0 Å². The van der Waals surface area contributed by atoms with Crippen molar-refractivity contribution in [1.29, 1.82) is 0 Å². The van der Waals surface area contributed by atoms with E-state index in [1.165, 1.54) is 63.5 Å². The number of hydrogen-bond donors (Lipinski definition) is 1. The highest BCUT2D eigenvalue weighted by Gasteiger charge is 2.29. The highest BCUT2D eigenvalue weighted by atomic mass is 79.9. The van der Waals surface area contributed by atoms with Crippen LogP contribution in [0.5, 0.6) is 0 Å². The van der Waals surface area contributed by atoms with E-state index in [1.807, 2.05) is 6.33 Å². The fourth-order valence-corrected chi connectivity index (χ4v) is 3.45. The van der Waals surface area contributed by atoms with Gasteiger partial charge in [0.05, 0.1) is 12.0 Å². The molecule has 0 bridgehead atoms. The molecular formula is C16H29BrN2. The molecule has 0 fully saturated rings. The Morgan fingerprint density at radius 3 is 2.16 bits per heavy atom. The molecule has 0 amide bonds. The van der Waals surface area contributed by atoms with Crippen molar-refractivity contribution >= 4 is 15.9 Å². The molecule has 0 saturated heterocycles. The molecule has 1 atom stereocenters. The number of unbranched alkanes of at least 4 members (excludes halogenated alkanes) is 5. The van der Waals surface area contributed by atoms with Crippen LogP contribution in [0.2, 0.25) is 0 Å². The number of rotatable bonds is 10. The van der Waals surface area contributed by atoms with Crippen molar-refractivity contribution in [1.82, 2.24) is 9.97 Å². The number of imidazole rings is 1. The average Bonchev–Trinajstić information content (AvgIpc) is 2.82. The van der Waals surface area contributed by atoms with Crippen LogP contribution in [0.25, 0.3) is 0 Å². The molecule has 0 aliphatic heterocycles. The number of halogens is 1. The molecule has 0 aliphatic rings. The summed E-state index contributed by atoms with van der Waals surface area (Å²) in [7, 11) is 0. The van der Waals surface area contributed by atoms with Gasteiger partial charge in [-0.05, 0) is 28.8 Å². The van der Waals surface area contributed by atoms with Crippen LogP contribution in [0.3, 0.4) is 0 Å². The lowest BCUT2D eigenvalue weighted by molar-refractivity contribution is 0.356. The largest absolute Gasteiger partial charge is 0.339 e. The van der Waals surface area contributed by atoms with Crippen LogP contribution in [0.1, 0.15) is 84.3 Å². The summed E-state index contributed by atoms with van der Waals surface area (Å²) in [4.78, 5) is 7.73. The monoisotopic (exact) mass is 328 g/mol. The van der Waals surface area contributed by atoms with Crippen LogP contribution in [-0.2, 0) is 5.41 Å². The molecule has 110 valence electrons. The standard InChI is InChI=1S/C16H29BrN2/c1-4-6-8-10-12-16(3,11-9-7-5-2)14-15(17)19-13-18-14/h13H,4-12H2,1-3H3,(H,18,19). The number of hydrogen-bond acceptors (Lipinski definition) is 1. The Labute approximate surface area is 126 Å². The first kappa shape index (κ1) is 16.7. The summed E-state index contributed by atoms with van der Waals surface area (Å²) in [5.74, 6) is 0. The van der Waals surface area contributed by atoms with Crippen molar-refractivity contribution in [3.63, 3.8) is 0 Å². The molecule has 0 radical (unpaired) electrons. The molecule has 0 spiro atoms. The highest BCUT2D eigenvalue weighted by molar-refractivity contribution is 9.10. The normalized spacial score (nSPS) is 14.5. The second-order valence-electron chi connectivity index (χ2n) is 5.89. The number of aromatic amines is 1. The molecule has 0 aromatic carbocycles. The maximum Gasteiger partial charge on any atom is 0.106 e.